The third kappa shape index (κ3) is 2.66. The molecule has 9 heavy (non-hydrogen) atoms. The van der Waals surface area contributed by atoms with E-state index in [9.17, 15) is 0 Å². The molecule has 0 radical (unpaired) electrons. The van der Waals surface area contributed by atoms with Gasteiger partial charge in [-0.05, 0) is 19.8 Å². The molecule has 1 unspecified atom stereocenters. The molecule has 0 aromatic carbocycles. The van der Waals surface area contributed by atoms with Gasteiger partial charge in [0.15, 0.2) is 0 Å². The molecule has 1 nitrogen and oxygen atoms in total. The first-order valence-electron chi connectivity index (χ1n) is 3.51. The van der Waals surface area contributed by atoms with E-state index >= 15 is 0 Å². The number of hydrogen-bond donors (Lipinski definition) is 1. The highest BCUT2D eigenvalue weighted by Crippen LogP contribution is 2.11. The highest BCUT2D eigenvalue weighted by molar-refractivity contribution is 5.09. The Morgan fingerprint density at radius 2 is 1.78 bits per heavy atom. The molecule has 0 heterocycles. The summed E-state index contributed by atoms with van der Waals surface area (Å²) in [5, 5.41) is 0. The Bertz CT molecular complexity index is 91.1. The summed E-state index contributed by atoms with van der Waals surface area (Å²) in [6, 6.07) is 0.218. The molecule has 0 aliphatic rings. The van der Waals surface area contributed by atoms with Crippen molar-refractivity contribution < 1.29 is 0 Å². The van der Waals surface area contributed by atoms with E-state index < -0.39 is 0 Å². The number of nitrogens with two attached hydrogens (primary N) is 1. The monoisotopic (exact) mass is 127 g/mol. The zero-order valence-corrected chi connectivity index (χ0v) is 6.81. The smallest absolute Gasteiger partial charge is 0.0227 e. The Balaban J connectivity index is 4.01. The van der Waals surface area contributed by atoms with Crippen molar-refractivity contribution in [2.75, 3.05) is 0 Å². The molecule has 0 aromatic rings. The molecule has 1 heteroatoms. The zero-order chi connectivity index (χ0) is 7.44. The Morgan fingerprint density at radius 3 is 1.78 bits per heavy atom. The molecule has 0 spiro atoms. The summed E-state index contributed by atoms with van der Waals surface area (Å²) in [5.41, 5.74) is 7.02. The molecule has 0 amide bonds. The van der Waals surface area contributed by atoms with E-state index in [1.807, 2.05) is 13.8 Å². The average molecular weight is 127 g/mol. The van der Waals surface area contributed by atoms with E-state index in [2.05, 4.69) is 19.9 Å². The van der Waals surface area contributed by atoms with Crippen LogP contribution < -0.4 is 5.73 Å². The van der Waals surface area contributed by atoms with Crippen molar-refractivity contribution in [3.8, 4) is 0 Å². The summed E-state index contributed by atoms with van der Waals surface area (Å²) in [4.78, 5) is 0. The van der Waals surface area contributed by atoms with E-state index in [0.29, 0.717) is 5.92 Å². The Morgan fingerprint density at radius 1 is 1.33 bits per heavy atom. The van der Waals surface area contributed by atoms with Crippen LogP contribution in [0.2, 0.25) is 0 Å². The van der Waals surface area contributed by atoms with E-state index in [-0.39, 0.29) is 6.04 Å². The van der Waals surface area contributed by atoms with Crippen molar-refractivity contribution in [1.82, 2.24) is 0 Å². The maximum absolute atomic E-state index is 5.68. The lowest BCUT2D eigenvalue weighted by molar-refractivity contribution is 0.673. The summed E-state index contributed by atoms with van der Waals surface area (Å²) >= 11 is 0. The minimum atomic E-state index is 0.218. The minimum Gasteiger partial charge on any atom is -0.324 e. The fourth-order valence-corrected chi connectivity index (χ4v) is 1.12. The number of hydrogen-bond acceptors (Lipinski definition) is 1. The molecule has 2 N–H and O–H groups in total. The van der Waals surface area contributed by atoms with Crippen LogP contribution in [-0.2, 0) is 0 Å². The fourth-order valence-electron chi connectivity index (χ4n) is 1.12. The van der Waals surface area contributed by atoms with E-state index in [4.69, 9.17) is 5.73 Å². The minimum absolute atomic E-state index is 0.218. The second kappa shape index (κ2) is 3.67. The van der Waals surface area contributed by atoms with Gasteiger partial charge in [0, 0.05) is 6.04 Å². The molecule has 0 aromatic heterocycles. The largest absolute Gasteiger partial charge is 0.324 e. The van der Waals surface area contributed by atoms with Gasteiger partial charge in [-0.15, -0.1) is 0 Å². The summed E-state index contributed by atoms with van der Waals surface area (Å²) in [7, 11) is 0. The molecular formula is C8H17N. The average Bonchev–Trinajstić information content (AvgIpc) is 1.64. The van der Waals surface area contributed by atoms with Crippen LogP contribution in [0.4, 0.5) is 0 Å². The Kier molecular flexibility index (Phi) is 3.55. The summed E-state index contributed by atoms with van der Waals surface area (Å²) in [5.74, 6) is 0.593. The van der Waals surface area contributed by atoms with Crippen molar-refractivity contribution in [3.05, 3.63) is 11.6 Å². The quantitative estimate of drug-likeness (QED) is 0.564. The molecule has 1 atom stereocenters. The van der Waals surface area contributed by atoms with E-state index in [0.717, 1.165) is 0 Å². The van der Waals surface area contributed by atoms with Crippen LogP contribution in [0.15, 0.2) is 11.6 Å². The second-order valence-electron chi connectivity index (χ2n) is 2.73. The molecule has 0 aliphatic carbocycles. The first-order valence-corrected chi connectivity index (χ1v) is 3.51. The van der Waals surface area contributed by atoms with Crippen LogP contribution >= 0.6 is 0 Å². The molecule has 0 rings (SSSR count). The summed E-state index contributed by atoms with van der Waals surface area (Å²) in [6.45, 7) is 8.39. The maximum Gasteiger partial charge on any atom is 0.0227 e. The molecule has 54 valence electrons. The predicted octanol–water partition coefficient (Wildman–Crippen LogP) is 1.94. The highest BCUT2D eigenvalue weighted by Gasteiger charge is 2.05. The normalized spacial score (nSPS) is 16.4. The van der Waals surface area contributed by atoms with Gasteiger partial charge >= 0.3 is 0 Å². The number of rotatable bonds is 2. The van der Waals surface area contributed by atoms with Gasteiger partial charge in [0.1, 0.15) is 0 Å². The van der Waals surface area contributed by atoms with Crippen LogP contribution in [0.1, 0.15) is 27.7 Å². The van der Waals surface area contributed by atoms with Gasteiger partial charge in [-0.1, -0.05) is 25.5 Å². The van der Waals surface area contributed by atoms with Crippen LogP contribution in [0.3, 0.4) is 0 Å². The standard InChI is InChI=1S/C8H17N/c1-5-8(6(2)3)7(4)9/h5-7H,9H2,1-4H3/b8-5+. The summed E-state index contributed by atoms with van der Waals surface area (Å²) in [6.07, 6.45) is 2.11. The van der Waals surface area contributed by atoms with Crippen molar-refractivity contribution >= 4 is 0 Å². The lowest BCUT2D eigenvalue weighted by atomic mass is 9.97. The van der Waals surface area contributed by atoms with Gasteiger partial charge in [0.2, 0.25) is 0 Å². The van der Waals surface area contributed by atoms with Gasteiger partial charge in [0.25, 0.3) is 0 Å². The Hall–Kier alpha value is -0.300. The molecular weight excluding hydrogens is 110 g/mol. The van der Waals surface area contributed by atoms with E-state index in [1.165, 1.54) is 5.57 Å². The first kappa shape index (κ1) is 8.70. The maximum atomic E-state index is 5.68. The highest BCUT2D eigenvalue weighted by atomic mass is 14.6. The molecule has 0 aliphatic heterocycles. The lowest BCUT2D eigenvalue weighted by Crippen LogP contribution is -2.20. The summed E-state index contributed by atoms with van der Waals surface area (Å²) < 4.78 is 0. The van der Waals surface area contributed by atoms with Gasteiger partial charge in [-0.3, -0.25) is 0 Å². The predicted molar refractivity (Wildman–Crippen MR) is 42.2 cm³/mol. The van der Waals surface area contributed by atoms with Crippen LogP contribution in [0, 0.1) is 5.92 Å². The van der Waals surface area contributed by atoms with Gasteiger partial charge in [-0.25, -0.2) is 0 Å². The van der Waals surface area contributed by atoms with Crippen LogP contribution in [0.5, 0.6) is 0 Å². The van der Waals surface area contributed by atoms with Crippen LogP contribution in [-0.4, -0.2) is 6.04 Å². The topological polar surface area (TPSA) is 26.0 Å². The second-order valence-corrected chi connectivity index (χ2v) is 2.73. The van der Waals surface area contributed by atoms with Gasteiger partial charge in [-0.2, -0.15) is 0 Å². The third-order valence-electron chi connectivity index (χ3n) is 1.53. The zero-order valence-electron chi connectivity index (χ0n) is 6.81. The SMILES string of the molecule is C/C=C(\C(C)C)C(C)N. The molecule has 0 bridgehead atoms. The fraction of sp³-hybridized carbons (Fsp3) is 0.750. The van der Waals surface area contributed by atoms with Crippen molar-refractivity contribution in [1.29, 1.82) is 0 Å². The molecule has 0 fully saturated rings. The lowest BCUT2D eigenvalue weighted by Gasteiger charge is -2.13. The van der Waals surface area contributed by atoms with E-state index in [1.54, 1.807) is 0 Å². The first-order chi connectivity index (χ1) is 4.09. The number of allylic oxidation sites excluding steroid dienone is 1. The molecule has 0 saturated carbocycles. The Labute approximate surface area is 57.9 Å². The molecule has 0 saturated heterocycles. The van der Waals surface area contributed by atoms with Crippen LogP contribution in [0.25, 0.3) is 0 Å². The van der Waals surface area contributed by atoms with Crippen molar-refractivity contribution in [3.63, 3.8) is 0 Å². The third-order valence-corrected chi connectivity index (χ3v) is 1.53. The van der Waals surface area contributed by atoms with Gasteiger partial charge in [0.05, 0.1) is 0 Å². The van der Waals surface area contributed by atoms with Gasteiger partial charge < -0.3 is 5.73 Å². The van der Waals surface area contributed by atoms with Crippen molar-refractivity contribution in [2.45, 2.75) is 33.7 Å². The van der Waals surface area contributed by atoms with Crippen molar-refractivity contribution in [2.24, 2.45) is 11.7 Å².